The van der Waals surface area contributed by atoms with Crippen LogP contribution in [-0.2, 0) is 0 Å². The minimum atomic E-state index is 0.682. The maximum atomic E-state index is 2.57. The molecule has 2 aliphatic rings. The molecule has 2 heteroatoms. The highest BCUT2D eigenvalue weighted by Gasteiger charge is 2.42. The SMILES string of the molecule is CCN1CC2(CCCCN(C)C2)C1. The molecule has 0 N–H and O–H groups in total. The van der Waals surface area contributed by atoms with Crippen LogP contribution in [0.5, 0.6) is 0 Å². The van der Waals surface area contributed by atoms with Crippen LogP contribution < -0.4 is 0 Å². The van der Waals surface area contributed by atoms with E-state index < -0.39 is 0 Å². The van der Waals surface area contributed by atoms with E-state index in [0.29, 0.717) is 5.41 Å². The molecule has 2 aliphatic heterocycles. The Bertz CT molecular complexity index is 173. The molecule has 0 aliphatic carbocycles. The van der Waals surface area contributed by atoms with Gasteiger partial charge >= 0.3 is 0 Å². The average Bonchev–Trinajstić information content (AvgIpc) is 2.23. The molecule has 0 amide bonds. The third-order valence-corrected chi connectivity index (χ3v) is 3.67. The number of hydrogen-bond donors (Lipinski definition) is 0. The number of hydrogen-bond acceptors (Lipinski definition) is 2. The molecule has 0 aromatic carbocycles. The molecule has 13 heavy (non-hydrogen) atoms. The zero-order valence-electron chi connectivity index (χ0n) is 9.05. The van der Waals surface area contributed by atoms with Crippen molar-refractivity contribution in [2.45, 2.75) is 26.2 Å². The zero-order valence-corrected chi connectivity index (χ0v) is 9.05. The van der Waals surface area contributed by atoms with Crippen LogP contribution >= 0.6 is 0 Å². The van der Waals surface area contributed by atoms with Crippen LogP contribution in [-0.4, -0.2) is 49.6 Å². The molecule has 0 aromatic rings. The number of rotatable bonds is 1. The quantitative estimate of drug-likeness (QED) is 0.605. The summed E-state index contributed by atoms with van der Waals surface area (Å²) in [5, 5.41) is 0. The van der Waals surface area contributed by atoms with Crippen molar-refractivity contribution in [1.82, 2.24) is 9.80 Å². The Kier molecular flexibility index (Phi) is 2.61. The van der Waals surface area contributed by atoms with E-state index in [1.165, 1.54) is 52.0 Å². The molecule has 2 rings (SSSR count). The molecular formula is C11H22N2. The lowest BCUT2D eigenvalue weighted by Gasteiger charge is -2.51. The van der Waals surface area contributed by atoms with Crippen molar-refractivity contribution in [2.24, 2.45) is 5.41 Å². The van der Waals surface area contributed by atoms with E-state index in [2.05, 4.69) is 23.8 Å². The van der Waals surface area contributed by atoms with Gasteiger partial charge in [0.05, 0.1) is 0 Å². The minimum absolute atomic E-state index is 0.682. The summed E-state index contributed by atoms with van der Waals surface area (Å²) in [5.41, 5.74) is 0.682. The fraction of sp³-hybridized carbons (Fsp3) is 1.00. The fourth-order valence-electron chi connectivity index (χ4n) is 3.00. The number of likely N-dealkylation sites (tertiary alicyclic amines) is 2. The minimum Gasteiger partial charge on any atom is -0.306 e. The highest BCUT2D eigenvalue weighted by Crippen LogP contribution is 2.37. The van der Waals surface area contributed by atoms with Crippen molar-refractivity contribution in [1.29, 1.82) is 0 Å². The summed E-state index contributed by atoms with van der Waals surface area (Å²) >= 11 is 0. The highest BCUT2D eigenvalue weighted by atomic mass is 15.2. The van der Waals surface area contributed by atoms with Gasteiger partial charge < -0.3 is 9.80 Å². The van der Waals surface area contributed by atoms with E-state index in [4.69, 9.17) is 0 Å². The van der Waals surface area contributed by atoms with Crippen molar-refractivity contribution < 1.29 is 0 Å². The largest absolute Gasteiger partial charge is 0.306 e. The van der Waals surface area contributed by atoms with Crippen LogP contribution in [0.2, 0.25) is 0 Å². The van der Waals surface area contributed by atoms with Gasteiger partial charge in [0.1, 0.15) is 0 Å². The number of nitrogens with zero attached hydrogens (tertiary/aromatic N) is 2. The first kappa shape index (κ1) is 9.47. The third kappa shape index (κ3) is 1.89. The molecule has 0 atom stereocenters. The normalized spacial score (nSPS) is 30.0. The van der Waals surface area contributed by atoms with Crippen molar-refractivity contribution in [3.8, 4) is 0 Å². The summed E-state index contributed by atoms with van der Waals surface area (Å²) < 4.78 is 0. The fourth-order valence-corrected chi connectivity index (χ4v) is 3.00. The highest BCUT2D eigenvalue weighted by molar-refractivity contribution is 4.97. The van der Waals surface area contributed by atoms with Gasteiger partial charge in [-0.3, -0.25) is 0 Å². The topological polar surface area (TPSA) is 6.48 Å². The van der Waals surface area contributed by atoms with Crippen molar-refractivity contribution in [2.75, 3.05) is 39.8 Å². The van der Waals surface area contributed by atoms with Gasteiger partial charge in [-0.05, 0) is 33.0 Å². The summed E-state index contributed by atoms with van der Waals surface area (Å²) in [6, 6.07) is 0. The lowest BCUT2D eigenvalue weighted by atomic mass is 9.76. The molecule has 1 spiro atoms. The predicted molar refractivity (Wildman–Crippen MR) is 55.9 cm³/mol. The van der Waals surface area contributed by atoms with E-state index >= 15 is 0 Å². The van der Waals surface area contributed by atoms with Crippen LogP contribution in [0.3, 0.4) is 0 Å². The Morgan fingerprint density at radius 2 is 1.92 bits per heavy atom. The monoisotopic (exact) mass is 182 g/mol. The van der Waals surface area contributed by atoms with Crippen molar-refractivity contribution in [3.63, 3.8) is 0 Å². The van der Waals surface area contributed by atoms with E-state index in [-0.39, 0.29) is 0 Å². The van der Waals surface area contributed by atoms with E-state index in [1.807, 2.05) is 0 Å². The maximum absolute atomic E-state index is 2.57. The standard InChI is InChI=1S/C11H22N2/c1-3-13-9-11(10-13)6-4-5-7-12(2)8-11/h3-10H2,1-2H3. The van der Waals surface area contributed by atoms with Crippen LogP contribution in [0.25, 0.3) is 0 Å². The molecule has 2 heterocycles. The van der Waals surface area contributed by atoms with E-state index in [9.17, 15) is 0 Å². The van der Waals surface area contributed by atoms with Gasteiger partial charge in [0.25, 0.3) is 0 Å². The first-order valence-electron chi connectivity index (χ1n) is 5.65. The van der Waals surface area contributed by atoms with Gasteiger partial charge in [-0.2, -0.15) is 0 Å². The van der Waals surface area contributed by atoms with Crippen LogP contribution in [0.1, 0.15) is 26.2 Å². The zero-order chi connectivity index (χ0) is 9.31. The summed E-state index contributed by atoms with van der Waals surface area (Å²) in [6.07, 6.45) is 4.32. The maximum Gasteiger partial charge on any atom is 0.00847 e. The van der Waals surface area contributed by atoms with Crippen LogP contribution in [0.4, 0.5) is 0 Å². The molecule has 0 unspecified atom stereocenters. The Hall–Kier alpha value is -0.0800. The smallest absolute Gasteiger partial charge is 0.00847 e. The summed E-state index contributed by atoms with van der Waals surface area (Å²) in [7, 11) is 2.28. The Morgan fingerprint density at radius 1 is 1.15 bits per heavy atom. The second-order valence-corrected chi connectivity index (χ2v) is 5.00. The van der Waals surface area contributed by atoms with Gasteiger partial charge in [-0.25, -0.2) is 0 Å². The second-order valence-electron chi connectivity index (χ2n) is 5.00. The molecule has 76 valence electrons. The lowest BCUT2D eigenvalue weighted by Crippen LogP contribution is -2.59. The molecule has 0 saturated carbocycles. The Balaban J connectivity index is 1.91. The third-order valence-electron chi connectivity index (χ3n) is 3.67. The Labute approximate surface area is 81.9 Å². The molecule has 2 saturated heterocycles. The van der Waals surface area contributed by atoms with Crippen molar-refractivity contribution >= 4 is 0 Å². The van der Waals surface area contributed by atoms with Crippen molar-refractivity contribution in [3.05, 3.63) is 0 Å². The van der Waals surface area contributed by atoms with E-state index in [1.54, 1.807) is 0 Å². The van der Waals surface area contributed by atoms with Gasteiger partial charge in [0.2, 0.25) is 0 Å². The predicted octanol–water partition coefficient (Wildman–Crippen LogP) is 1.42. The van der Waals surface area contributed by atoms with Gasteiger partial charge in [-0.1, -0.05) is 13.3 Å². The van der Waals surface area contributed by atoms with Crippen LogP contribution in [0.15, 0.2) is 0 Å². The van der Waals surface area contributed by atoms with Gasteiger partial charge in [0, 0.05) is 25.0 Å². The average molecular weight is 182 g/mol. The van der Waals surface area contributed by atoms with Gasteiger partial charge in [0.15, 0.2) is 0 Å². The first-order valence-corrected chi connectivity index (χ1v) is 5.65. The molecule has 2 nitrogen and oxygen atoms in total. The molecule has 0 bridgehead atoms. The first-order chi connectivity index (χ1) is 6.24. The lowest BCUT2D eigenvalue weighted by molar-refractivity contribution is -0.0166. The second kappa shape index (κ2) is 3.58. The van der Waals surface area contributed by atoms with Gasteiger partial charge in [-0.15, -0.1) is 0 Å². The summed E-state index contributed by atoms with van der Waals surface area (Å²) in [6.45, 7) is 8.87. The molecule has 0 aromatic heterocycles. The summed E-state index contributed by atoms with van der Waals surface area (Å²) in [5.74, 6) is 0. The Morgan fingerprint density at radius 3 is 2.62 bits per heavy atom. The van der Waals surface area contributed by atoms with E-state index in [0.717, 1.165) is 0 Å². The molecular weight excluding hydrogens is 160 g/mol. The summed E-state index contributed by atoms with van der Waals surface area (Å²) in [4.78, 5) is 5.10. The molecule has 0 radical (unpaired) electrons. The van der Waals surface area contributed by atoms with Crippen LogP contribution in [0, 0.1) is 5.41 Å². The molecule has 2 fully saturated rings.